The molecule has 0 saturated carbocycles. The molecule has 7 nitrogen and oxygen atoms in total. The van der Waals surface area contributed by atoms with Gasteiger partial charge in [0.05, 0.1) is 20.1 Å². The van der Waals surface area contributed by atoms with Crippen LogP contribution in [0, 0.1) is 5.92 Å². The summed E-state index contributed by atoms with van der Waals surface area (Å²) < 4.78 is 15.9. The van der Waals surface area contributed by atoms with Gasteiger partial charge in [-0.1, -0.05) is 24.3 Å². The average Bonchev–Trinajstić information content (AvgIpc) is 2.78. The number of hydrogen-bond donors (Lipinski definition) is 1. The lowest BCUT2D eigenvalue weighted by molar-refractivity contribution is -0.205. The summed E-state index contributed by atoms with van der Waals surface area (Å²) in [5.74, 6) is 0.459. The summed E-state index contributed by atoms with van der Waals surface area (Å²) in [5.41, 5.74) is 2.08. The van der Waals surface area contributed by atoms with Gasteiger partial charge >= 0.3 is 5.97 Å². The largest absolute Gasteiger partial charge is 0.497 e. The van der Waals surface area contributed by atoms with Crippen LogP contribution in [0.5, 0.6) is 11.5 Å². The minimum absolute atomic E-state index is 0.104. The summed E-state index contributed by atoms with van der Waals surface area (Å²) in [4.78, 5) is 26.3. The van der Waals surface area contributed by atoms with E-state index in [1.165, 1.54) is 6.92 Å². The van der Waals surface area contributed by atoms with Crippen molar-refractivity contribution in [3.8, 4) is 11.5 Å². The third kappa shape index (κ3) is 5.35. The zero-order valence-corrected chi connectivity index (χ0v) is 18.1. The molecule has 1 aliphatic heterocycles. The van der Waals surface area contributed by atoms with Gasteiger partial charge in [0.15, 0.2) is 6.23 Å². The summed E-state index contributed by atoms with van der Waals surface area (Å²) >= 11 is 0. The lowest BCUT2D eigenvalue weighted by Gasteiger charge is -2.50. The Labute approximate surface area is 182 Å². The van der Waals surface area contributed by atoms with Crippen LogP contribution in [0.4, 0.5) is 0 Å². The van der Waals surface area contributed by atoms with E-state index in [9.17, 15) is 14.7 Å². The number of carbonyl (C=O) groups excluding carboxylic acids is 2. The predicted molar refractivity (Wildman–Crippen MR) is 115 cm³/mol. The lowest BCUT2D eigenvalue weighted by atomic mass is 9.86. The number of ether oxygens (including phenoxy) is 3. The maximum Gasteiger partial charge on any atom is 0.304 e. The van der Waals surface area contributed by atoms with E-state index in [0.717, 1.165) is 22.6 Å². The van der Waals surface area contributed by atoms with Crippen LogP contribution >= 0.6 is 0 Å². The summed E-state index contributed by atoms with van der Waals surface area (Å²) in [6.45, 7) is 1.20. The second kappa shape index (κ2) is 10.3. The van der Waals surface area contributed by atoms with Crippen molar-refractivity contribution in [2.75, 3.05) is 20.8 Å². The summed E-state index contributed by atoms with van der Waals surface area (Å²) in [6, 6.07) is 15.2. The first-order valence-corrected chi connectivity index (χ1v) is 10.3. The zero-order chi connectivity index (χ0) is 22.4. The van der Waals surface area contributed by atoms with Gasteiger partial charge in [-0.25, -0.2) is 0 Å². The van der Waals surface area contributed by atoms with Gasteiger partial charge in [-0.15, -0.1) is 0 Å². The minimum atomic E-state index is -0.668. The molecule has 1 N–H and O–H groups in total. The Balaban J connectivity index is 1.87. The van der Waals surface area contributed by atoms with E-state index in [1.54, 1.807) is 19.1 Å². The molecule has 0 spiro atoms. The molecule has 1 aliphatic rings. The number of benzene rings is 2. The molecule has 1 heterocycles. The molecular formula is C24H29NO6. The van der Waals surface area contributed by atoms with Gasteiger partial charge in [0.25, 0.3) is 0 Å². The minimum Gasteiger partial charge on any atom is -0.497 e. The van der Waals surface area contributed by atoms with Gasteiger partial charge in [0.1, 0.15) is 11.5 Å². The van der Waals surface area contributed by atoms with Crippen molar-refractivity contribution in [2.45, 2.75) is 38.5 Å². The molecule has 2 unspecified atom stereocenters. The van der Waals surface area contributed by atoms with Crippen molar-refractivity contribution in [2.24, 2.45) is 5.92 Å². The first-order chi connectivity index (χ1) is 15.0. The summed E-state index contributed by atoms with van der Waals surface area (Å²) in [5, 5.41) is 9.33. The number of carbonyl (C=O) groups is 2. The third-order valence-electron chi connectivity index (χ3n) is 5.57. The monoisotopic (exact) mass is 427 g/mol. The second-order valence-corrected chi connectivity index (χ2v) is 7.62. The Morgan fingerprint density at radius 2 is 1.45 bits per heavy atom. The molecule has 166 valence electrons. The quantitative estimate of drug-likeness (QED) is 0.463. The van der Waals surface area contributed by atoms with Gasteiger partial charge in [0, 0.05) is 19.6 Å². The highest BCUT2D eigenvalue weighted by molar-refractivity contribution is 5.86. The Morgan fingerprint density at radius 1 is 0.968 bits per heavy atom. The highest BCUT2D eigenvalue weighted by Gasteiger charge is 2.51. The first-order valence-electron chi connectivity index (χ1n) is 10.3. The molecule has 7 heteroatoms. The molecule has 1 fully saturated rings. The molecule has 0 aromatic heterocycles. The maximum atomic E-state index is 12.9. The molecule has 1 saturated heterocycles. The average molecular weight is 427 g/mol. The molecule has 3 rings (SSSR count). The van der Waals surface area contributed by atoms with Crippen LogP contribution in [0.1, 0.15) is 24.5 Å². The SMILES string of the molecule is COc1ccc(CC(Cc2ccc(OC)cc2)N2C(=O)C(CCO)C2OC(C)=O)cc1. The molecule has 0 radical (unpaired) electrons. The molecule has 2 aromatic carbocycles. The molecule has 0 aliphatic carbocycles. The molecule has 31 heavy (non-hydrogen) atoms. The number of likely N-dealkylation sites (tertiary alicyclic amines) is 1. The van der Waals surface area contributed by atoms with Crippen LogP contribution in [-0.2, 0) is 27.2 Å². The fourth-order valence-electron chi connectivity index (χ4n) is 3.99. The van der Waals surface area contributed by atoms with Crippen molar-refractivity contribution >= 4 is 11.9 Å². The molecule has 2 atom stereocenters. The van der Waals surface area contributed by atoms with Crippen LogP contribution in [-0.4, -0.2) is 55.0 Å². The maximum absolute atomic E-state index is 12.9. The number of aliphatic hydroxyl groups is 1. The fraction of sp³-hybridized carbons (Fsp3) is 0.417. The number of rotatable bonds is 10. The lowest BCUT2D eigenvalue weighted by Crippen LogP contribution is -2.66. The second-order valence-electron chi connectivity index (χ2n) is 7.62. The van der Waals surface area contributed by atoms with E-state index >= 15 is 0 Å². The highest BCUT2D eigenvalue weighted by Crippen LogP contribution is 2.35. The van der Waals surface area contributed by atoms with Gasteiger partial charge in [0.2, 0.25) is 5.91 Å². The number of amides is 1. The Morgan fingerprint density at radius 3 is 1.84 bits per heavy atom. The third-order valence-corrected chi connectivity index (χ3v) is 5.57. The van der Waals surface area contributed by atoms with Crippen LogP contribution in [0.2, 0.25) is 0 Å². The van der Waals surface area contributed by atoms with Crippen molar-refractivity contribution < 1.29 is 28.9 Å². The molecular weight excluding hydrogens is 398 g/mol. The van der Waals surface area contributed by atoms with Crippen LogP contribution in [0.15, 0.2) is 48.5 Å². The molecule has 0 bridgehead atoms. The van der Waals surface area contributed by atoms with Crippen LogP contribution < -0.4 is 9.47 Å². The highest BCUT2D eigenvalue weighted by atomic mass is 16.6. The predicted octanol–water partition coefficient (Wildman–Crippen LogP) is 2.59. The smallest absolute Gasteiger partial charge is 0.304 e. The van der Waals surface area contributed by atoms with E-state index < -0.39 is 18.1 Å². The Kier molecular flexibility index (Phi) is 7.52. The first kappa shape index (κ1) is 22.6. The number of methoxy groups -OCH3 is 2. The van der Waals surface area contributed by atoms with E-state index in [0.29, 0.717) is 12.8 Å². The van der Waals surface area contributed by atoms with E-state index in [-0.39, 0.29) is 25.0 Å². The summed E-state index contributed by atoms with van der Waals surface area (Å²) in [7, 11) is 3.23. The van der Waals surface area contributed by atoms with Gasteiger partial charge in [-0.2, -0.15) is 0 Å². The van der Waals surface area contributed by atoms with Gasteiger partial charge < -0.3 is 24.2 Å². The number of esters is 1. The van der Waals surface area contributed by atoms with Crippen LogP contribution in [0.25, 0.3) is 0 Å². The standard InChI is InChI=1S/C24H29NO6/c1-16(27)31-24-22(12-13-26)23(28)25(24)19(14-17-4-8-20(29-2)9-5-17)15-18-6-10-21(30-3)11-7-18/h4-11,19,22,24,26H,12-15H2,1-3H3. The van der Waals surface area contributed by atoms with Crippen LogP contribution in [0.3, 0.4) is 0 Å². The molecule has 2 aromatic rings. The Hall–Kier alpha value is -3.06. The van der Waals surface area contributed by atoms with Crippen molar-refractivity contribution in [3.05, 3.63) is 59.7 Å². The van der Waals surface area contributed by atoms with Gasteiger partial charge in [-0.05, 0) is 54.7 Å². The van der Waals surface area contributed by atoms with E-state index in [2.05, 4.69) is 0 Å². The van der Waals surface area contributed by atoms with Crippen molar-refractivity contribution in [1.29, 1.82) is 0 Å². The zero-order valence-electron chi connectivity index (χ0n) is 18.1. The number of hydrogen-bond acceptors (Lipinski definition) is 6. The topological polar surface area (TPSA) is 85.3 Å². The number of β-lactam (4-membered cyclic amide) rings is 1. The van der Waals surface area contributed by atoms with E-state index in [4.69, 9.17) is 14.2 Å². The number of nitrogens with zero attached hydrogens (tertiary/aromatic N) is 1. The Bertz CT molecular complexity index is 830. The summed E-state index contributed by atoms with van der Waals surface area (Å²) in [6.07, 6.45) is 0.778. The van der Waals surface area contributed by atoms with E-state index in [1.807, 2.05) is 48.5 Å². The number of aliphatic hydroxyl groups excluding tert-OH is 1. The van der Waals surface area contributed by atoms with Crippen molar-refractivity contribution in [3.63, 3.8) is 0 Å². The fourth-order valence-corrected chi connectivity index (χ4v) is 3.99. The van der Waals surface area contributed by atoms with Crippen molar-refractivity contribution in [1.82, 2.24) is 4.90 Å². The normalized spacial score (nSPS) is 18.0. The molecule has 1 amide bonds. The van der Waals surface area contributed by atoms with Gasteiger partial charge in [-0.3, -0.25) is 9.59 Å².